The van der Waals surface area contributed by atoms with Crippen molar-refractivity contribution in [2.75, 3.05) is 0 Å². The number of aromatic nitrogens is 6. The van der Waals surface area contributed by atoms with Gasteiger partial charge < -0.3 is 0 Å². The second-order valence-corrected chi connectivity index (χ2v) is 12.0. The molecule has 0 bridgehead atoms. The van der Waals surface area contributed by atoms with E-state index in [4.69, 9.17) is 10.1 Å². The van der Waals surface area contributed by atoms with E-state index in [0.717, 1.165) is 41.2 Å². The Kier molecular flexibility index (Phi) is 5.62. The molecule has 4 rings (SSSR count). The number of nitrogens with zero attached hydrogens (tertiary/aromatic N) is 6. The molecule has 6 nitrogen and oxygen atoms in total. The predicted molar refractivity (Wildman–Crippen MR) is 134 cm³/mol. The van der Waals surface area contributed by atoms with Gasteiger partial charge in [0.25, 0.3) is 0 Å². The summed E-state index contributed by atoms with van der Waals surface area (Å²) in [7, 11) is 0. The minimum atomic E-state index is -0.0790. The van der Waals surface area contributed by atoms with Gasteiger partial charge in [-0.25, -0.2) is 19.0 Å². The van der Waals surface area contributed by atoms with Gasteiger partial charge in [-0.15, -0.1) is 0 Å². The first-order valence-electron chi connectivity index (χ1n) is 12.0. The van der Waals surface area contributed by atoms with Crippen molar-refractivity contribution in [3.05, 3.63) is 59.4 Å². The normalized spacial score (nSPS) is 13.5. The van der Waals surface area contributed by atoms with Gasteiger partial charge in [0.2, 0.25) is 0 Å². The van der Waals surface area contributed by atoms with E-state index in [0.29, 0.717) is 5.92 Å². The number of imidazole rings is 1. The molecule has 0 radical (unpaired) electrons. The van der Waals surface area contributed by atoms with Crippen LogP contribution >= 0.6 is 0 Å². The smallest absolute Gasteiger partial charge is 0.158 e. The van der Waals surface area contributed by atoms with Gasteiger partial charge in [0.05, 0.1) is 23.8 Å². The molecule has 0 unspecified atom stereocenters. The lowest BCUT2D eigenvalue weighted by Crippen LogP contribution is -2.26. The van der Waals surface area contributed by atoms with Crippen LogP contribution in [0.5, 0.6) is 0 Å². The Balaban J connectivity index is 1.61. The first-order chi connectivity index (χ1) is 15.3. The molecule has 0 N–H and O–H groups in total. The molecular weight excluding hydrogens is 408 g/mol. The molecule has 0 saturated carbocycles. The highest BCUT2D eigenvalue weighted by atomic mass is 15.3. The van der Waals surface area contributed by atoms with E-state index < -0.39 is 0 Å². The van der Waals surface area contributed by atoms with Gasteiger partial charge in [-0.05, 0) is 42.4 Å². The second-order valence-electron chi connectivity index (χ2n) is 12.0. The maximum atomic E-state index is 5.04. The zero-order chi connectivity index (χ0) is 24.2. The number of hydrogen-bond acceptors (Lipinski definition) is 4. The van der Waals surface area contributed by atoms with Crippen molar-refractivity contribution in [1.82, 2.24) is 29.2 Å². The van der Waals surface area contributed by atoms with Crippen LogP contribution in [0.25, 0.3) is 11.3 Å². The Morgan fingerprint density at radius 3 is 2.24 bits per heavy atom. The van der Waals surface area contributed by atoms with Crippen LogP contribution in [0.2, 0.25) is 0 Å². The fraction of sp³-hybridized carbons (Fsp3) is 0.556. The molecule has 0 spiro atoms. The maximum Gasteiger partial charge on any atom is 0.158 e. The highest BCUT2D eigenvalue weighted by Gasteiger charge is 2.31. The molecule has 0 aliphatic carbocycles. The van der Waals surface area contributed by atoms with E-state index in [1.165, 1.54) is 5.56 Å². The lowest BCUT2D eigenvalue weighted by molar-refractivity contribution is 0.366. The van der Waals surface area contributed by atoms with Crippen molar-refractivity contribution in [3.8, 4) is 0 Å². The molecule has 0 aromatic carbocycles. The van der Waals surface area contributed by atoms with E-state index in [1.54, 1.807) is 0 Å². The van der Waals surface area contributed by atoms with Crippen LogP contribution in [-0.4, -0.2) is 29.2 Å². The third-order valence-electron chi connectivity index (χ3n) is 6.91. The quantitative estimate of drug-likeness (QED) is 0.352. The minimum Gasteiger partial charge on any atom is -0.235 e. The molecule has 6 heteroatoms. The summed E-state index contributed by atoms with van der Waals surface area (Å²) >= 11 is 0. The van der Waals surface area contributed by atoms with Crippen molar-refractivity contribution in [2.24, 2.45) is 0 Å². The molecule has 0 aliphatic rings. The van der Waals surface area contributed by atoms with Crippen molar-refractivity contribution in [1.29, 1.82) is 0 Å². The van der Waals surface area contributed by atoms with Gasteiger partial charge in [-0.1, -0.05) is 62.3 Å². The van der Waals surface area contributed by atoms with Gasteiger partial charge in [0.1, 0.15) is 0 Å². The Labute approximate surface area is 197 Å². The van der Waals surface area contributed by atoms with Crippen LogP contribution in [0.3, 0.4) is 0 Å². The Morgan fingerprint density at radius 1 is 0.879 bits per heavy atom. The van der Waals surface area contributed by atoms with Gasteiger partial charge in [0.15, 0.2) is 11.3 Å². The van der Waals surface area contributed by atoms with E-state index >= 15 is 0 Å². The fourth-order valence-electron chi connectivity index (χ4n) is 4.32. The molecule has 176 valence electrons. The first-order valence-corrected chi connectivity index (χ1v) is 12.0. The van der Waals surface area contributed by atoms with E-state index in [9.17, 15) is 0 Å². The molecule has 4 aromatic heterocycles. The second kappa shape index (κ2) is 7.93. The Bertz CT molecular complexity index is 1280. The zero-order valence-electron chi connectivity index (χ0n) is 21.6. The number of rotatable bonds is 6. The zero-order valence-corrected chi connectivity index (χ0v) is 21.6. The molecular formula is C27H38N6. The number of fused-ring (bicyclic) bond motifs is 2. The molecule has 0 atom stereocenters. The van der Waals surface area contributed by atoms with Crippen molar-refractivity contribution < 1.29 is 0 Å². The summed E-state index contributed by atoms with van der Waals surface area (Å²) in [5, 5.41) is 9.62. The van der Waals surface area contributed by atoms with Crippen LogP contribution in [0.4, 0.5) is 0 Å². The van der Waals surface area contributed by atoms with E-state index in [2.05, 4.69) is 90.6 Å². The molecule has 33 heavy (non-hydrogen) atoms. The van der Waals surface area contributed by atoms with E-state index in [1.807, 2.05) is 27.6 Å². The highest BCUT2D eigenvalue weighted by Crippen LogP contribution is 2.37. The lowest BCUT2D eigenvalue weighted by Gasteiger charge is -2.30. The summed E-state index contributed by atoms with van der Waals surface area (Å²) in [5.41, 5.74) is 6.25. The van der Waals surface area contributed by atoms with Gasteiger partial charge >= 0.3 is 0 Å². The van der Waals surface area contributed by atoms with Gasteiger partial charge in [-0.3, -0.25) is 0 Å². The average molecular weight is 447 g/mol. The van der Waals surface area contributed by atoms with Crippen molar-refractivity contribution in [2.45, 2.75) is 97.3 Å². The topological polar surface area (TPSA) is 60.4 Å². The SMILES string of the molecule is CC(C)c1ccn2ncc(C(C)(C)CCC(C)(C)c3ccc4ncc(C(C)(C)C)n4n3)c2n1. The summed E-state index contributed by atoms with van der Waals surface area (Å²) in [6, 6.07) is 6.29. The molecule has 0 aliphatic heterocycles. The summed E-state index contributed by atoms with van der Waals surface area (Å²) < 4.78 is 3.92. The van der Waals surface area contributed by atoms with E-state index in [-0.39, 0.29) is 16.2 Å². The summed E-state index contributed by atoms with van der Waals surface area (Å²) in [6.45, 7) is 20.1. The molecule has 0 fully saturated rings. The standard InChI is InChI=1S/C27H38N6/c1-18(2)20-12-15-32-24(30-20)19(16-29-32)26(6,7)13-14-27(8,9)21-10-11-23-28-17-22(25(3,4)5)33(23)31-21/h10-12,15-18H,13-14H2,1-9H3. The van der Waals surface area contributed by atoms with Gasteiger partial charge in [-0.2, -0.15) is 10.2 Å². The summed E-state index contributed by atoms with van der Waals surface area (Å²) in [5.74, 6) is 0.391. The number of hydrogen-bond donors (Lipinski definition) is 0. The maximum absolute atomic E-state index is 5.04. The molecule has 4 heterocycles. The van der Waals surface area contributed by atoms with Crippen LogP contribution in [0, 0.1) is 0 Å². The predicted octanol–water partition coefficient (Wildman–Crippen LogP) is 6.23. The van der Waals surface area contributed by atoms with Crippen molar-refractivity contribution in [3.63, 3.8) is 0 Å². The first kappa shape index (κ1) is 23.4. The van der Waals surface area contributed by atoms with Crippen LogP contribution in [0.15, 0.2) is 36.8 Å². The van der Waals surface area contributed by atoms with Crippen LogP contribution < -0.4 is 0 Å². The third-order valence-corrected chi connectivity index (χ3v) is 6.91. The fourth-order valence-corrected chi connectivity index (χ4v) is 4.32. The molecule has 4 aromatic rings. The summed E-state index contributed by atoms with van der Waals surface area (Å²) in [6.07, 6.45) is 7.97. The Morgan fingerprint density at radius 2 is 1.58 bits per heavy atom. The van der Waals surface area contributed by atoms with Gasteiger partial charge in [0, 0.05) is 28.3 Å². The lowest BCUT2D eigenvalue weighted by atomic mass is 9.74. The third kappa shape index (κ3) is 4.40. The minimum absolute atomic E-state index is 0.0114. The molecule has 0 saturated heterocycles. The monoisotopic (exact) mass is 446 g/mol. The molecule has 0 amide bonds. The summed E-state index contributed by atoms with van der Waals surface area (Å²) in [4.78, 5) is 9.50. The highest BCUT2D eigenvalue weighted by molar-refractivity contribution is 5.51. The largest absolute Gasteiger partial charge is 0.235 e. The van der Waals surface area contributed by atoms with Crippen LogP contribution in [0.1, 0.15) is 104 Å². The van der Waals surface area contributed by atoms with Crippen LogP contribution in [-0.2, 0) is 16.2 Å². The van der Waals surface area contributed by atoms with Crippen molar-refractivity contribution >= 4 is 11.3 Å². The average Bonchev–Trinajstić information content (AvgIpc) is 3.35. The Hall–Kier alpha value is -2.76.